The first-order valence-electron chi connectivity index (χ1n) is 7.77. The molecular weight excluding hydrogens is 324 g/mol. The number of carbonyl (C=O) groups is 3. The Morgan fingerprint density at radius 1 is 1.21 bits per heavy atom. The third kappa shape index (κ3) is 3.89. The van der Waals surface area contributed by atoms with Crippen molar-refractivity contribution in [2.24, 2.45) is 5.92 Å². The van der Waals surface area contributed by atoms with Crippen molar-refractivity contribution in [2.75, 3.05) is 0 Å². The van der Waals surface area contributed by atoms with E-state index in [1.807, 2.05) is 31.2 Å². The summed E-state index contributed by atoms with van der Waals surface area (Å²) in [4.78, 5) is 37.3. The van der Waals surface area contributed by atoms with Crippen LogP contribution in [0.25, 0.3) is 0 Å². The van der Waals surface area contributed by atoms with Crippen molar-refractivity contribution in [1.29, 1.82) is 0 Å². The zero-order valence-corrected chi connectivity index (χ0v) is 14.1. The summed E-state index contributed by atoms with van der Waals surface area (Å²) < 4.78 is 0. The van der Waals surface area contributed by atoms with Gasteiger partial charge in [0.05, 0.1) is 12.5 Å². The average molecular weight is 342 g/mol. The first-order valence-corrected chi connectivity index (χ1v) is 8.59. The van der Waals surface area contributed by atoms with Crippen LogP contribution in [0.5, 0.6) is 0 Å². The Hall–Kier alpha value is -2.47. The number of aryl methyl sites for hydroxylation is 1. The Bertz CT molecular complexity index is 780. The van der Waals surface area contributed by atoms with Gasteiger partial charge in [-0.05, 0) is 43.2 Å². The van der Waals surface area contributed by atoms with E-state index < -0.39 is 0 Å². The SMILES string of the molecule is Cc1ccc(CNC(=O)c2ccc(CC3CC(=O)NC3=O)cc2)s1. The van der Waals surface area contributed by atoms with Gasteiger partial charge in [0.2, 0.25) is 11.8 Å². The van der Waals surface area contributed by atoms with E-state index in [1.165, 1.54) is 4.88 Å². The summed E-state index contributed by atoms with van der Waals surface area (Å²) in [7, 11) is 0. The van der Waals surface area contributed by atoms with E-state index in [0.717, 1.165) is 10.4 Å². The van der Waals surface area contributed by atoms with Crippen molar-refractivity contribution in [3.63, 3.8) is 0 Å². The lowest BCUT2D eigenvalue weighted by molar-refractivity contribution is -0.125. The van der Waals surface area contributed by atoms with E-state index in [1.54, 1.807) is 23.5 Å². The molecule has 0 radical (unpaired) electrons. The molecule has 1 atom stereocenters. The Morgan fingerprint density at radius 3 is 2.54 bits per heavy atom. The molecule has 5 nitrogen and oxygen atoms in total. The molecule has 2 N–H and O–H groups in total. The lowest BCUT2D eigenvalue weighted by Crippen LogP contribution is -2.23. The molecule has 1 aliphatic heterocycles. The van der Waals surface area contributed by atoms with Gasteiger partial charge in [-0.2, -0.15) is 0 Å². The molecule has 0 bridgehead atoms. The summed E-state index contributed by atoms with van der Waals surface area (Å²) in [5.41, 5.74) is 1.52. The van der Waals surface area contributed by atoms with Crippen LogP contribution in [-0.4, -0.2) is 17.7 Å². The molecule has 2 heterocycles. The zero-order valence-electron chi connectivity index (χ0n) is 13.3. The molecular formula is C18H18N2O3S. The van der Waals surface area contributed by atoms with E-state index in [4.69, 9.17) is 0 Å². The lowest BCUT2D eigenvalue weighted by Gasteiger charge is -2.08. The number of rotatable bonds is 5. The van der Waals surface area contributed by atoms with E-state index in [9.17, 15) is 14.4 Å². The summed E-state index contributed by atoms with van der Waals surface area (Å²) in [6.07, 6.45) is 0.745. The molecule has 1 aliphatic rings. The smallest absolute Gasteiger partial charge is 0.251 e. The molecule has 1 aromatic heterocycles. The second-order valence-electron chi connectivity index (χ2n) is 5.91. The number of hydrogen-bond acceptors (Lipinski definition) is 4. The van der Waals surface area contributed by atoms with Crippen molar-refractivity contribution in [3.05, 3.63) is 57.3 Å². The van der Waals surface area contributed by atoms with Crippen LogP contribution in [0.15, 0.2) is 36.4 Å². The van der Waals surface area contributed by atoms with E-state index in [-0.39, 0.29) is 30.1 Å². The van der Waals surface area contributed by atoms with Crippen molar-refractivity contribution < 1.29 is 14.4 Å². The lowest BCUT2D eigenvalue weighted by atomic mass is 9.97. The van der Waals surface area contributed by atoms with Gasteiger partial charge in [-0.15, -0.1) is 11.3 Å². The second-order valence-corrected chi connectivity index (χ2v) is 7.28. The summed E-state index contributed by atoms with van der Waals surface area (Å²) in [5, 5.41) is 5.21. The first kappa shape index (κ1) is 16.4. The van der Waals surface area contributed by atoms with E-state index >= 15 is 0 Å². The van der Waals surface area contributed by atoms with Crippen LogP contribution in [-0.2, 0) is 22.6 Å². The number of nitrogens with one attached hydrogen (secondary N) is 2. The van der Waals surface area contributed by atoms with Crippen LogP contribution in [0.4, 0.5) is 0 Å². The van der Waals surface area contributed by atoms with Gasteiger partial charge in [0.15, 0.2) is 0 Å². The molecule has 3 rings (SSSR count). The largest absolute Gasteiger partial charge is 0.347 e. The number of amides is 3. The Labute approximate surface area is 144 Å². The maximum Gasteiger partial charge on any atom is 0.251 e. The summed E-state index contributed by atoms with van der Waals surface area (Å²) in [6.45, 7) is 2.55. The van der Waals surface area contributed by atoms with Crippen LogP contribution >= 0.6 is 11.3 Å². The molecule has 3 amide bonds. The Morgan fingerprint density at radius 2 is 1.96 bits per heavy atom. The van der Waals surface area contributed by atoms with E-state index in [2.05, 4.69) is 10.6 Å². The molecule has 6 heteroatoms. The standard InChI is InChI=1S/C18H18N2O3S/c1-11-2-7-15(24-11)10-19-17(22)13-5-3-12(4-6-13)8-14-9-16(21)20-18(14)23/h2-7,14H,8-10H2,1H3,(H,19,22)(H,20,21,23). The first-order chi connectivity index (χ1) is 11.5. The fourth-order valence-corrected chi connectivity index (χ4v) is 3.53. The minimum absolute atomic E-state index is 0.124. The zero-order chi connectivity index (χ0) is 17.1. The van der Waals surface area contributed by atoms with Crippen LogP contribution in [0.3, 0.4) is 0 Å². The number of imide groups is 1. The van der Waals surface area contributed by atoms with Crippen molar-refractivity contribution in [3.8, 4) is 0 Å². The normalized spacial score (nSPS) is 17.0. The molecule has 24 heavy (non-hydrogen) atoms. The molecule has 124 valence electrons. The van der Waals surface area contributed by atoms with Gasteiger partial charge < -0.3 is 5.32 Å². The van der Waals surface area contributed by atoms with Crippen molar-refractivity contribution in [2.45, 2.75) is 26.3 Å². The van der Waals surface area contributed by atoms with Gasteiger partial charge in [0, 0.05) is 21.7 Å². The third-order valence-electron chi connectivity index (χ3n) is 3.98. The highest BCUT2D eigenvalue weighted by atomic mass is 32.1. The maximum atomic E-state index is 12.2. The quantitative estimate of drug-likeness (QED) is 0.818. The maximum absolute atomic E-state index is 12.2. The highest BCUT2D eigenvalue weighted by Gasteiger charge is 2.30. The molecule has 0 aliphatic carbocycles. The van der Waals surface area contributed by atoms with Gasteiger partial charge >= 0.3 is 0 Å². The van der Waals surface area contributed by atoms with Gasteiger partial charge in [-0.1, -0.05) is 12.1 Å². The van der Waals surface area contributed by atoms with E-state index in [0.29, 0.717) is 18.5 Å². The minimum Gasteiger partial charge on any atom is -0.347 e. The van der Waals surface area contributed by atoms with Crippen molar-refractivity contribution in [1.82, 2.24) is 10.6 Å². The molecule has 0 saturated carbocycles. The van der Waals surface area contributed by atoms with Gasteiger partial charge in [-0.3, -0.25) is 19.7 Å². The second kappa shape index (κ2) is 6.97. The van der Waals surface area contributed by atoms with Crippen LogP contribution in [0.2, 0.25) is 0 Å². The average Bonchev–Trinajstić information content (AvgIpc) is 3.11. The number of thiophene rings is 1. The summed E-state index contributed by atoms with van der Waals surface area (Å²) >= 11 is 1.67. The van der Waals surface area contributed by atoms with Crippen molar-refractivity contribution >= 4 is 29.1 Å². The highest BCUT2D eigenvalue weighted by molar-refractivity contribution is 7.11. The molecule has 1 saturated heterocycles. The number of hydrogen-bond donors (Lipinski definition) is 2. The summed E-state index contributed by atoms with van der Waals surface area (Å²) in [5.74, 6) is -0.862. The predicted molar refractivity (Wildman–Crippen MR) is 91.6 cm³/mol. The number of benzene rings is 1. The fourth-order valence-electron chi connectivity index (χ4n) is 2.70. The molecule has 2 aromatic rings. The molecule has 1 aromatic carbocycles. The minimum atomic E-state index is -0.306. The fraction of sp³-hybridized carbons (Fsp3) is 0.278. The third-order valence-corrected chi connectivity index (χ3v) is 4.98. The topological polar surface area (TPSA) is 75.3 Å². The summed E-state index contributed by atoms with van der Waals surface area (Å²) in [6, 6.07) is 11.2. The van der Waals surface area contributed by atoms with Gasteiger partial charge in [0.1, 0.15) is 0 Å². The monoisotopic (exact) mass is 342 g/mol. The Balaban J connectivity index is 1.56. The molecule has 1 unspecified atom stereocenters. The molecule has 1 fully saturated rings. The predicted octanol–water partition coefficient (Wildman–Crippen LogP) is 2.19. The van der Waals surface area contributed by atoms with Crippen LogP contribution in [0, 0.1) is 12.8 Å². The van der Waals surface area contributed by atoms with Gasteiger partial charge in [-0.25, -0.2) is 0 Å². The van der Waals surface area contributed by atoms with Crippen LogP contribution in [0.1, 0.15) is 32.1 Å². The van der Waals surface area contributed by atoms with Crippen LogP contribution < -0.4 is 10.6 Å². The number of carbonyl (C=O) groups excluding carboxylic acids is 3. The van der Waals surface area contributed by atoms with Gasteiger partial charge in [0.25, 0.3) is 5.91 Å². The highest BCUT2D eigenvalue weighted by Crippen LogP contribution is 2.18. The Kier molecular flexibility index (Phi) is 4.76. The molecule has 0 spiro atoms.